The third-order valence-electron chi connectivity index (χ3n) is 4.68. The van der Waals surface area contributed by atoms with Crippen molar-refractivity contribution in [1.29, 1.82) is 0 Å². The van der Waals surface area contributed by atoms with Crippen LogP contribution in [0.25, 0.3) is 0 Å². The van der Waals surface area contributed by atoms with Gasteiger partial charge in [-0.3, -0.25) is 0 Å². The van der Waals surface area contributed by atoms with Crippen LogP contribution in [0, 0.1) is 17.3 Å². The summed E-state index contributed by atoms with van der Waals surface area (Å²) in [6.07, 6.45) is 9.99. The lowest BCUT2D eigenvalue weighted by Gasteiger charge is -2.41. The lowest BCUT2D eigenvalue weighted by atomic mass is 9.65. The minimum atomic E-state index is 0.517. The van der Waals surface area contributed by atoms with Crippen LogP contribution in [0.1, 0.15) is 72.6 Å². The van der Waals surface area contributed by atoms with Crippen molar-refractivity contribution < 1.29 is 0 Å². The first kappa shape index (κ1) is 12.2. The molecule has 0 bridgehead atoms. The minimum absolute atomic E-state index is 0.517. The standard InChI is InChI=1S/C16H28/c1-12(2)10-13-7-8-14-6-5-9-16(3,4)15(14)11-13/h12-13H,5-11H2,1-4H3. The molecule has 1 unspecified atom stereocenters. The molecule has 92 valence electrons. The lowest BCUT2D eigenvalue weighted by molar-refractivity contribution is 0.282. The van der Waals surface area contributed by atoms with Crippen molar-refractivity contribution in [2.24, 2.45) is 17.3 Å². The molecule has 0 N–H and O–H groups in total. The Morgan fingerprint density at radius 1 is 1.25 bits per heavy atom. The minimum Gasteiger partial charge on any atom is -0.0704 e. The maximum atomic E-state index is 2.47. The van der Waals surface area contributed by atoms with Gasteiger partial charge in [0.15, 0.2) is 0 Å². The number of hydrogen-bond donors (Lipinski definition) is 0. The van der Waals surface area contributed by atoms with E-state index in [1.165, 1.54) is 44.9 Å². The number of allylic oxidation sites excluding steroid dienone is 2. The molecule has 0 fully saturated rings. The second-order valence-corrected chi connectivity index (χ2v) is 7.06. The fourth-order valence-electron chi connectivity index (χ4n) is 3.86. The Hall–Kier alpha value is -0.260. The van der Waals surface area contributed by atoms with Gasteiger partial charge in [-0.15, -0.1) is 0 Å². The van der Waals surface area contributed by atoms with E-state index in [1.54, 1.807) is 0 Å². The summed E-state index contributed by atoms with van der Waals surface area (Å²) in [4.78, 5) is 0. The van der Waals surface area contributed by atoms with Crippen molar-refractivity contribution in [1.82, 2.24) is 0 Å². The highest BCUT2D eigenvalue weighted by atomic mass is 14.4. The zero-order valence-electron chi connectivity index (χ0n) is 11.6. The van der Waals surface area contributed by atoms with Crippen LogP contribution in [0.2, 0.25) is 0 Å². The molecule has 0 aliphatic heterocycles. The highest BCUT2D eigenvalue weighted by Crippen LogP contribution is 2.48. The molecule has 0 saturated heterocycles. The van der Waals surface area contributed by atoms with Crippen molar-refractivity contribution in [2.75, 3.05) is 0 Å². The molecule has 0 nitrogen and oxygen atoms in total. The summed E-state index contributed by atoms with van der Waals surface area (Å²) in [5.41, 5.74) is 4.22. The predicted octanol–water partition coefficient (Wildman–Crippen LogP) is 5.34. The second kappa shape index (κ2) is 4.55. The van der Waals surface area contributed by atoms with Crippen molar-refractivity contribution in [2.45, 2.75) is 72.6 Å². The van der Waals surface area contributed by atoms with Gasteiger partial charge in [0.25, 0.3) is 0 Å². The molecule has 0 saturated carbocycles. The Balaban J connectivity index is 2.10. The molecule has 16 heavy (non-hydrogen) atoms. The van der Waals surface area contributed by atoms with Crippen LogP contribution in [0.5, 0.6) is 0 Å². The monoisotopic (exact) mass is 220 g/mol. The summed E-state index contributed by atoms with van der Waals surface area (Å²) in [5, 5.41) is 0. The van der Waals surface area contributed by atoms with Gasteiger partial charge in [-0.1, -0.05) is 38.8 Å². The molecule has 0 heteroatoms. The Morgan fingerprint density at radius 2 is 2.00 bits per heavy atom. The molecule has 0 aromatic carbocycles. The summed E-state index contributed by atoms with van der Waals surface area (Å²) in [6, 6.07) is 0. The number of hydrogen-bond acceptors (Lipinski definition) is 0. The van der Waals surface area contributed by atoms with E-state index in [-0.39, 0.29) is 0 Å². The smallest absolute Gasteiger partial charge is 0.0142 e. The van der Waals surface area contributed by atoms with Crippen molar-refractivity contribution >= 4 is 0 Å². The predicted molar refractivity (Wildman–Crippen MR) is 71.5 cm³/mol. The Kier molecular flexibility index (Phi) is 3.47. The van der Waals surface area contributed by atoms with E-state index in [9.17, 15) is 0 Å². The summed E-state index contributed by atoms with van der Waals surface area (Å²) < 4.78 is 0. The topological polar surface area (TPSA) is 0 Å². The molecule has 2 aliphatic carbocycles. The SMILES string of the molecule is CC(C)CC1CCC2=C(C1)C(C)(C)CCC2. The Bertz CT molecular complexity index is 280. The van der Waals surface area contributed by atoms with Gasteiger partial charge in [0.1, 0.15) is 0 Å². The third kappa shape index (κ3) is 2.52. The zero-order chi connectivity index (χ0) is 11.8. The van der Waals surface area contributed by atoms with Gasteiger partial charge in [0, 0.05) is 0 Å². The highest BCUT2D eigenvalue weighted by Gasteiger charge is 2.33. The fourth-order valence-corrected chi connectivity index (χ4v) is 3.86. The fraction of sp³-hybridized carbons (Fsp3) is 0.875. The molecule has 0 spiro atoms. The summed E-state index contributed by atoms with van der Waals surface area (Å²) in [6.45, 7) is 9.68. The first-order valence-corrected chi connectivity index (χ1v) is 7.20. The van der Waals surface area contributed by atoms with Crippen LogP contribution in [0.3, 0.4) is 0 Å². The quantitative estimate of drug-likeness (QED) is 0.551. The Morgan fingerprint density at radius 3 is 2.69 bits per heavy atom. The molecule has 0 amide bonds. The van der Waals surface area contributed by atoms with Crippen molar-refractivity contribution in [3.63, 3.8) is 0 Å². The van der Waals surface area contributed by atoms with Crippen molar-refractivity contribution in [3.05, 3.63) is 11.1 Å². The molecule has 0 aromatic heterocycles. The van der Waals surface area contributed by atoms with Crippen molar-refractivity contribution in [3.8, 4) is 0 Å². The average molecular weight is 220 g/mol. The molecular formula is C16H28. The van der Waals surface area contributed by atoms with E-state index >= 15 is 0 Å². The van der Waals surface area contributed by atoms with E-state index in [1.807, 2.05) is 11.1 Å². The van der Waals surface area contributed by atoms with Crippen LogP contribution < -0.4 is 0 Å². The largest absolute Gasteiger partial charge is 0.0704 e. The highest BCUT2D eigenvalue weighted by molar-refractivity contribution is 5.26. The molecular weight excluding hydrogens is 192 g/mol. The molecule has 1 atom stereocenters. The Labute approximate surface area is 102 Å². The van der Waals surface area contributed by atoms with E-state index in [0.29, 0.717) is 5.41 Å². The maximum absolute atomic E-state index is 2.47. The van der Waals surface area contributed by atoms with Gasteiger partial charge in [-0.25, -0.2) is 0 Å². The van der Waals surface area contributed by atoms with Gasteiger partial charge < -0.3 is 0 Å². The lowest BCUT2D eigenvalue weighted by Crippen LogP contribution is -2.26. The van der Waals surface area contributed by atoms with Gasteiger partial charge >= 0.3 is 0 Å². The van der Waals surface area contributed by atoms with E-state index < -0.39 is 0 Å². The first-order valence-electron chi connectivity index (χ1n) is 7.20. The van der Waals surface area contributed by atoms with Crippen LogP contribution >= 0.6 is 0 Å². The molecule has 0 radical (unpaired) electrons. The van der Waals surface area contributed by atoms with Crippen LogP contribution in [0.4, 0.5) is 0 Å². The summed E-state index contributed by atoms with van der Waals surface area (Å²) in [7, 11) is 0. The molecule has 2 aliphatic rings. The number of rotatable bonds is 2. The van der Waals surface area contributed by atoms with Gasteiger partial charge in [0.05, 0.1) is 0 Å². The molecule has 0 aromatic rings. The van der Waals surface area contributed by atoms with Gasteiger partial charge in [-0.05, 0) is 62.2 Å². The maximum Gasteiger partial charge on any atom is -0.0142 e. The third-order valence-corrected chi connectivity index (χ3v) is 4.68. The van der Waals surface area contributed by atoms with E-state index in [4.69, 9.17) is 0 Å². The van der Waals surface area contributed by atoms with Crippen LogP contribution in [-0.2, 0) is 0 Å². The van der Waals surface area contributed by atoms with Gasteiger partial charge in [-0.2, -0.15) is 0 Å². The summed E-state index contributed by atoms with van der Waals surface area (Å²) >= 11 is 0. The van der Waals surface area contributed by atoms with Gasteiger partial charge in [0.2, 0.25) is 0 Å². The summed E-state index contributed by atoms with van der Waals surface area (Å²) in [5.74, 6) is 1.86. The van der Waals surface area contributed by atoms with E-state index in [2.05, 4.69) is 27.7 Å². The molecule has 0 heterocycles. The zero-order valence-corrected chi connectivity index (χ0v) is 11.6. The normalized spacial score (nSPS) is 29.4. The van der Waals surface area contributed by atoms with Crippen LogP contribution in [-0.4, -0.2) is 0 Å². The average Bonchev–Trinajstić information content (AvgIpc) is 2.18. The van der Waals surface area contributed by atoms with Crippen LogP contribution in [0.15, 0.2) is 11.1 Å². The van der Waals surface area contributed by atoms with E-state index in [0.717, 1.165) is 11.8 Å². The second-order valence-electron chi connectivity index (χ2n) is 7.06. The first-order chi connectivity index (χ1) is 7.49. The molecule has 2 rings (SSSR count).